The Hall–Kier alpha value is -1.53. The lowest BCUT2D eigenvalue weighted by Gasteiger charge is -2.10. The molecule has 0 saturated carbocycles. The van der Waals surface area contributed by atoms with Crippen LogP contribution in [0.3, 0.4) is 0 Å². The van der Waals surface area contributed by atoms with Gasteiger partial charge in [0.25, 0.3) is 0 Å². The van der Waals surface area contributed by atoms with E-state index in [2.05, 4.69) is 10.3 Å². The molecule has 3 aromatic rings. The topological polar surface area (TPSA) is 42.0 Å². The first-order valence-electron chi connectivity index (χ1n) is 7.87. The van der Waals surface area contributed by atoms with E-state index < -0.39 is 0 Å². The van der Waals surface area contributed by atoms with Gasteiger partial charge in [-0.2, -0.15) is 0 Å². The van der Waals surface area contributed by atoms with Crippen LogP contribution in [0, 0.1) is 6.92 Å². The molecule has 0 spiro atoms. The number of thiazole rings is 1. The molecule has 1 aromatic heterocycles. The molecule has 0 radical (unpaired) electrons. The monoisotopic (exact) mass is 422 g/mol. The molecule has 1 amide bonds. The Morgan fingerprint density at radius 3 is 2.62 bits per heavy atom. The molecule has 26 heavy (non-hydrogen) atoms. The van der Waals surface area contributed by atoms with Crippen LogP contribution in [-0.2, 0) is 4.79 Å². The van der Waals surface area contributed by atoms with Crippen molar-refractivity contribution < 1.29 is 4.79 Å². The van der Waals surface area contributed by atoms with Crippen molar-refractivity contribution in [3.63, 3.8) is 0 Å². The summed E-state index contributed by atoms with van der Waals surface area (Å²) in [7, 11) is 0. The molecule has 7 heteroatoms. The molecule has 1 atom stereocenters. The van der Waals surface area contributed by atoms with Crippen molar-refractivity contribution in [2.45, 2.75) is 24.0 Å². The Balaban J connectivity index is 1.66. The van der Waals surface area contributed by atoms with E-state index in [0.29, 0.717) is 20.9 Å². The van der Waals surface area contributed by atoms with E-state index in [9.17, 15) is 4.79 Å². The third kappa shape index (κ3) is 4.80. The molecule has 3 rings (SSSR count). The summed E-state index contributed by atoms with van der Waals surface area (Å²) in [6, 6.07) is 13.4. The molecule has 134 valence electrons. The van der Waals surface area contributed by atoms with Crippen LogP contribution in [0.4, 0.5) is 5.13 Å². The lowest BCUT2D eigenvalue weighted by Crippen LogP contribution is -2.22. The minimum atomic E-state index is -0.232. The molecular weight excluding hydrogens is 407 g/mol. The lowest BCUT2D eigenvalue weighted by atomic mass is 10.2. The van der Waals surface area contributed by atoms with Crippen LogP contribution in [0.15, 0.2) is 52.7 Å². The SMILES string of the molecule is Cc1ccc(SC(C)C(=O)Nc2nc(-c3ccc(Cl)cc3Cl)cs2)cc1. The molecule has 0 bridgehead atoms. The Labute approximate surface area is 170 Å². The first-order valence-corrected chi connectivity index (χ1v) is 10.4. The van der Waals surface area contributed by atoms with Crippen molar-refractivity contribution in [3.8, 4) is 11.3 Å². The van der Waals surface area contributed by atoms with Crippen LogP contribution in [0.25, 0.3) is 11.3 Å². The zero-order chi connectivity index (χ0) is 18.7. The number of rotatable bonds is 5. The summed E-state index contributed by atoms with van der Waals surface area (Å²) in [5.74, 6) is -0.0846. The van der Waals surface area contributed by atoms with Gasteiger partial charge >= 0.3 is 0 Å². The second-order valence-electron chi connectivity index (χ2n) is 5.72. The highest BCUT2D eigenvalue weighted by atomic mass is 35.5. The molecule has 0 saturated heterocycles. The smallest absolute Gasteiger partial charge is 0.239 e. The van der Waals surface area contributed by atoms with Gasteiger partial charge in [-0.05, 0) is 44.2 Å². The molecule has 1 N–H and O–H groups in total. The fourth-order valence-electron chi connectivity index (χ4n) is 2.23. The molecule has 0 aliphatic rings. The highest BCUT2D eigenvalue weighted by molar-refractivity contribution is 8.00. The number of amides is 1. The normalized spacial score (nSPS) is 12.0. The van der Waals surface area contributed by atoms with E-state index in [1.54, 1.807) is 12.1 Å². The van der Waals surface area contributed by atoms with Crippen LogP contribution >= 0.6 is 46.3 Å². The van der Waals surface area contributed by atoms with E-state index >= 15 is 0 Å². The number of benzene rings is 2. The summed E-state index contributed by atoms with van der Waals surface area (Å²) >= 11 is 15.0. The summed E-state index contributed by atoms with van der Waals surface area (Å²) < 4.78 is 0. The number of anilines is 1. The van der Waals surface area contributed by atoms with Gasteiger partial charge in [0.1, 0.15) is 0 Å². The maximum atomic E-state index is 12.4. The molecule has 1 heterocycles. The summed E-state index contributed by atoms with van der Waals surface area (Å²) in [4.78, 5) is 18.0. The minimum absolute atomic E-state index is 0.0846. The second kappa shape index (κ2) is 8.44. The average molecular weight is 423 g/mol. The summed E-state index contributed by atoms with van der Waals surface area (Å²) in [6.45, 7) is 3.92. The Kier molecular flexibility index (Phi) is 6.24. The van der Waals surface area contributed by atoms with Gasteiger partial charge in [0.15, 0.2) is 5.13 Å². The molecule has 0 aliphatic heterocycles. The van der Waals surface area contributed by atoms with Crippen molar-refractivity contribution >= 4 is 57.3 Å². The molecule has 1 unspecified atom stereocenters. The standard InChI is InChI=1S/C19H16Cl2N2OS2/c1-11-3-6-14(7-4-11)26-12(2)18(24)23-19-22-17(10-25-19)15-8-5-13(20)9-16(15)21/h3-10,12H,1-2H3,(H,22,23,24). The first-order chi connectivity index (χ1) is 12.4. The van der Waals surface area contributed by atoms with Gasteiger partial charge in [-0.15, -0.1) is 23.1 Å². The molecule has 0 aliphatic carbocycles. The highest BCUT2D eigenvalue weighted by Gasteiger charge is 2.17. The van der Waals surface area contributed by atoms with Crippen molar-refractivity contribution in [1.82, 2.24) is 4.98 Å². The number of hydrogen-bond donors (Lipinski definition) is 1. The van der Waals surface area contributed by atoms with E-state index in [0.717, 1.165) is 10.5 Å². The molecule has 3 nitrogen and oxygen atoms in total. The number of aryl methyl sites for hydroxylation is 1. The number of hydrogen-bond acceptors (Lipinski definition) is 4. The van der Waals surface area contributed by atoms with Gasteiger partial charge in [-0.25, -0.2) is 4.98 Å². The van der Waals surface area contributed by atoms with Gasteiger partial charge in [-0.1, -0.05) is 40.9 Å². The Morgan fingerprint density at radius 1 is 1.19 bits per heavy atom. The third-order valence-electron chi connectivity index (χ3n) is 3.64. The maximum absolute atomic E-state index is 12.4. The van der Waals surface area contributed by atoms with Crippen LogP contribution in [-0.4, -0.2) is 16.1 Å². The van der Waals surface area contributed by atoms with E-state index in [1.165, 1.54) is 28.7 Å². The fraction of sp³-hybridized carbons (Fsp3) is 0.158. The first kappa shape index (κ1) is 19.2. The van der Waals surface area contributed by atoms with Gasteiger partial charge in [0, 0.05) is 20.9 Å². The zero-order valence-corrected chi connectivity index (χ0v) is 17.3. The van der Waals surface area contributed by atoms with Crippen molar-refractivity contribution in [3.05, 3.63) is 63.5 Å². The largest absolute Gasteiger partial charge is 0.301 e. The van der Waals surface area contributed by atoms with Crippen LogP contribution in [0.1, 0.15) is 12.5 Å². The summed E-state index contributed by atoms with van der Waals surface area (Å²) in [5, 5.41) is 6.16. The van der Waals surface area contributed by atoms with Gasteiger partial charge in [-0.3, -0.25) is 4.79 Å². The Bertz CT molecular complexity index is 926. The molecular formula is C19H16Cl2N2OS2. The van der Waals surface area contributed by atoms with E-state index in [4.69, 9.17) is 23.2 Å². The molecule has 0 fully saturated rings. The second-order valence-corrected chi connectivity index (χ2v) is 8.84. The summed E-state index contributed by atoms with van der Waals surface area (Å²) in [6.07, 6.45) is 0. The van der Waals surface area contributed by atoms with Gasteiger partial charge in [0.05, 0.1) is 16.0 Å². The van der Waals surface area contributed by atoms with Crippen LogP contribution in [0.5, 0.6) is 0 Å². The number of carbonyl (C=O) groups is 1. The predicted molar refractivity (Wildman–Crippen MR) is 113 cm³/mol. The molecule has 2 aromatic carbocycles. The van der Waals surface area contributed by atoms with E-state index in [-0.39, 0.29) is 11.2 Å². The van der Waals surface area contributed by atoms with Crippen LogP contribution < -0.4 is 5.32 Å². The van der Waals surface area contributed by atoms with Crippen molar-refractivity contribution in [2.75, 3.05) is 5.32 Å². The average Bonchev–Trinajstić information content (AvgIpc) is 3.05. The van der Waals surface area contributed by atoms with Crippen molar-refractivity contribution in [1.29, 1.82) is 0 Å². The Morgan fingerprint density at radius 2 is 1.92 bits per heavy atom. The predicted octanol–water partition coefficient (Wildman–Crippen LogP) is 6.54. The van der Waals surface area contributed by atoms with Gasteiger partial charge in [0.2, 0.25) is 5.91 Å². The lowest BCUT2D eigenvalue weighted by molar-refractivity contribution is -0.115. The maximum Gasteiger partial charge on any atom is 0.239 e. The summed E-state index contributed by atoms with van der Waals surface area (Å²) in [5.41, 5.74) is 2.70. The van der Waals surface area contributed by atoms with Gasteiger partial charge < -0.3 is 5.32 Å². The van der Waals surface area contributed by atoms with Crippen LogP contribution in [0.2, 0.25) is 10.0 Å². The number of aromatic nitrogens is 1. The number of thioether (sulfide) groups is 1. The number of nitrogens with one attached hydrogen (secondary N) is 1. The number of carbonyl (C=O) groups excluding carboxylic acids is 1. The number of nitrogens with zero attached hydrogens (tertiary/aromatic N) is 1. The third-order valence-corrected chi connectivity index (χ3v) is 6.06. The minimum Gasteiger partial charge on any atom is -0.301 e. The van der Waals surface area contributed by atoms with E-state index in [1.807, 2.05) is 49.6 Å². The number of halogens is 2. The van der Waals surface area contributed by atoms with Crippen molar-refractivity contribution in [2.24, 2.45) is 0 Å². The fourth-order valence-corrected chi connectivity index (χ4v) is 4.32. The highest BCUT2D eigenvalue weighted by Crippen LogP contribution is 2.32. The zero-order valence-electron chi connectivity index (χ0n) is 14.1. The quantitative estimate of drug-likeness (QED) is 0.474.